The monoisotopic (exact) mass is 274 g/mol. The largest absolute Gasteiger partial charge is 0.382 e. The number of hydrogen-bond acceptors (Lipinski definition) is 3. The molecule has 1 aromatic carbocycles. The van der Waals surface area contributed by atoms with Crippen molar-refractivity contribution in [1.29, 1.82) is 0 Å². The Hall–Kier alpha value is -1.06. The Balaban J connectivity index is 2.02. The lowest BCUT2D eigenvalue weighted by Gasteiger charge is -2.49. The zero-order valence-electron chi connectivity index (χ0n) is 12.6. The molecule has 0 radical (unpaired) electrons. The first-order valence-electron chi connectivity index (χ1n) is 7.76. The highest BCUT2D eigenvalue weighted by Crippen LogP contribution is 2.46. The van der Waals surface area contributed by atoms with E-state index in [1.54, 1.807) is 7.11 Å². The fraction of sp³-hybridized carbons (Fsp3) is 0.647. The van der Waals surface area contributed by atoms with Crippen LogP contribution in [-0.2, 0) is 11.2 Å². The van der Waals surface area contributed by atoms with Gasteiger partial charge in [-0.15, -0.1) is 0 Å². The molecule has 110 valence electrons. The highest BCUT2D eigenvalue weighted by molar-refractivity contribution is 5.58. The predicted octanol–water partition coefficient (Wildman–Crippen LogP) is 2.44. The van der Waals surface area contributed by atoms with Crippen LogP contribution in [0.25, 0.3) is 0 Å². The Kier molecular flexibility index (Phi) is 3.74. The van der Waals surface area contributed by atoms with Crippen molar-refractivity contribution in [3.63, 3.8) is 0 Å². The number of ether oxygens (including phenoxy) is 1. The van der Waals surface area contributed by atoms with Crippen molar-refractivity contribution < 1.29 is 4.74 Å². The maximum absolute atomic E-state index is 6.25. The zero-order chi connectivity index (χ0) is 14.2. The molecule has 0 spiro atoms. The Morgan fingerprint density at radius 2 is 2.10 bits per heavy atom. The molecule has 2 N–H and O–H groups in total. The number of fused-ring (bicyclic) bond motifs is 1. The molecule has 3 rings (SSSR count). The van der Waals surface area contributed by atoms with Crippen LogP contribution in [0.2, 0.25) is 0 Å². The van der Waals surface area contributed by atoms with E-state index >= 15 is 0 Å². The maximum atomic E-state index is 6.25. The summed E-state index contributed by atoms with van der Waals surface area (Å²) in [6, 6.07) is 8.80. The van der Waals surface area contributed by atoms with Crippen molar-refractivity contribution in [2.24, 2.45) is 17.6 Å². The number of rotatable bonds is 5. The van der Waals surface area contributed by atoms with Crippen molar-refractivity contribution in [2.45, 2.75) is 31.7 Å². The van der Waals surface area contributed by atoms with Crippen LogP contribution in [0, 0.1) is 11.8 Å². The van der Waals surface area contributed by atoms with Gasteiger partial charge in [0.05, 0.1) is 12.1 Å². The van der Waals surface area contributed by atoms with Gasteiger partial charge in [0.25, 0.3) is 0 Å². The Morgan fingerprint density at radius 1 is 1.35 bits per heavy atom. The number of benzene rings is 1. The quantitative estimate of drug-likeness (QED) is 0.896. The first kappa shape index (κ1) is 13.9. The minimum Gasteiger partial charge on any atom is -0.382 e. The van der Waals surface area contributed by atoms with Gasteiger partial charge in [0.2, 0.25) is 0 Å². The number of para-hydroxylation sites is 1. The molecular formula is C17H26N2O. The SMILES string of the molecule is COCC(CN)(C1CC1)N1CC(C)Cc2ccccc21. The molecule has 1 saturated carbocycles. The van der Waals surface area contributed by atoms with Crippen LogP contribution in [0.1, 0.15) is 25.3 Å². The van der Waals surface area contributed by atoms with E-state index in [1.165, 1.54) is 30.5 Å². The second-order valence-electron chi connectivity index (χ2n) is 6.56. The summed E-state index contributed by atoms with van der Waals surface area (Å²) in [7, 11) is 1.80. The highest BCUT2D eigenvalue weighted by Gasteiger charge is 2.50. The average Bonchev–Trinajstić information content (AvgIpc) is 3.29. The van der Waals surface area contributed by atoms with E-state index in [4.69, 9.17) is 10.5 Å². The molecule has 0 aromatic heterocycles. The first-order valence-corrected chi connectivity index (χ1v) is 7.76. The Bertz CT molecular complexity index is 472. The number of nitrogens with zero attached hydrogens (tertiary/aromatic N) is 1. The topological polar surface area (TPSA) is 38.5 Å². The van der Waals surface area contributed by atoms with E-state index in [1.807, 2.05) is 0 Å². The summed E-state index contributed by atoms with van der Waals surface area (Å²) >= 11 is 0. The summed E-state index contributed by atoms with van der Waals surface area (Å²) in [5.41, 5.74) is 9.07. The smallest absolute Gasteiger partial charge is 0.0784 e. The predicted molar refractivity (Wildman–Crippen MR) is 83.0 cm³/mol. The van der Waals surface area contributed by atoms with Gasteiger partial charge in [-0.3, -0.25) is 0 Å². The average molecular weight is 274 g/mol. The molecule has 1 heterocycles. The molecular weight excluding hydrogens is 248 g/mol. The van der Waals surface area contributed by atoms with E-state index in [-0.39, 0.29) is 5.54 Å². The van der Waals surface area contributed by atoms with Gasteiger partial charge in [0.15, 0.2) is 0 Å². The Labute approximate surface area is 122 Å². The lowest BCUT2D eigenvalue weighted by atomic mass is 9.85. The van der Waals surface area contributed by atoms with Gasteiger partial charge in [-0.25, -0.2) is 0 Å². The van der Waals surface area contributed by atoms with Crippen LogP contribution in [-0.4, -0.2) is 32.3 Å². The van der Waals surface area contributed by atoms with Crippen molar-refractivity contribution in [1.82, 2.24) is 0 Å². The van der Waals surface area contributed by atoms with Gasteiger partial charge in [0.1, 0.15) is 0 Å². The summed E-state index contributed by atoms with van der Waals surface area (Å²) in [6.07, 6.45) is 3.74. The van der Waals surface area contributed by atoms with Gasteiger partial charge < -0.3 is 15.4 Å². The Morgan fingerprint density at radius 3 is 2.75 bits per heavy atom. The molecule has 1 aliphatic heterocycles. The van der Waals surface area contributed by atoms with Crippen molar-refractivity contribution >= 4 is 5.69 Å². The van der Waals surface area contributed by atoms with Gasteiger partial charge >= 0.3 is 0 Å². The maximum Gasteiger partial charge on any atom is 0.0784 e. The number of anilines is 1. The van der Waals surface area contributed by atoms with Gasteiger partial charge in [-0.05, 0) is 42.7 Å². The number of methoxy groups -OCH3 is 1. The molecule has 0 saturated heterocycles. The van der Waals surface area contributed by atoms with E-state index in [9.17, 15) is 0 Å². The van der Waals surface area contributed by atoms with E-state index in [2.05, 4.69) is 36.1 Å². The fourth-order valence-electron chi connectivity index (χ4n) is 3.84. The normalized spacial score (nSPS) is 25.1. The van der Waals surface area contributed by atoms with E-state index in [0.717, 1.165) is 13.2 Å². The minimum absolute atomic E-state index is 0.0144. The summed E-state index contributed by atoms with van der Waals surface area (Å²) in [6.45, 7) is 4.83. The van der Waals surface area contributed by atoms with Gasteiger partial charge in [0, 0.05) is 25.9 Å². The molecule has 3 heteroatoms. The molecule has 0 bridgehead atoms. The standard InChI is InChI=1S/C17H26N2O/c1-13-9-14-5-3-4-6-16(14)19(10-13)17(11-18,12-20-2)15-7-8-15/h3-6,13,15H,7-12,18H2,1-2H3. The second kappa shape index (κ2) is 5.38. The third kappa shape index (κ3) is 2.23. The van der Waals surface area contributed by atoms with Crippen LogP contribution in [0.5, 0.6) is 0 Å². The van der Waals surface area contributed by atoms with Crippen molar-refractivity contribution in [3.05, 3.63) is 29.8 Å². The van der Waals surface area contributed by atoms with Gasteiger partial charge in [-0.1, -0.05) is 25.1 Å². The molecule has 1 aliphatic carbocycles. The lowest BCUT2D eigenvalue weighted by molar-refractivity contribution is 0.114. The lowest BCUT2D eigenvalue weighted by Crippen LogP contribution is -2.61. The van der Waals surface area contributed by atoms with Crippen LogP contribution in [0.4, 0.5) is 5.69 Å². The third-order valence-corrected chi connectivity index (χ3v) is 4.97. The summed E-state index contributed by atoms with van der Waals surface area (Å²) in [5.74, 6) is 1.36. The zero-order valence-corrected chi connectivity index (χ0v) is 12.6. The van der Waals surface area contributed by atoms with Crippen molar-refractivity contribution in [2.75, 3.05) is 31.7 Å². The number of hydrogen-bond donors (Lipinski definition) is 1. The van der Waals surface area contributed by atoms with E-state index < -0.39 is 0 Å². The molecule has 1 aromatic rings. The summed E-state index contributed by atoms with van der Waals surface area (Å²) in [4.78, 5) is 2.57. The molecule has 1 fully saturated rings. The molecule has 2 aliphatic rings. The fourth-order valence-corrected chi connectivity index (χ4v) is 3.84. The summed E-state index contributed by atoms with van der Waals surface area (Å²) in [5, 5.41) is 0. The molecule has 2 atom stereocenters. The molecule has 20 heavy (non-hydrogen) atoms. The van der Waals surface area contributed by atoms with E-state index in [0.29, 0.717) is 18.4 Å². The highest BCUT2D eigenvalue weighted by atomic mass is 16.5. The minimum atomic E-state index is -0.0144. The van der Waals surface area contributed by atoms with Crippen LogP contribution < -0.4 is 10.6 Å². The van der Waals surface area contributed by atoms with Crippen LogP contribution >= 0.6 is 0 Å². The molecule has 3 nitrogen and oxygen atoms in total. The van der Waals surface area contributed by atoms with Crippen LogP contribution in [0.3, 0.4) is 0 Å². The molecule has 2 unspecified atom stereocenters. The summed E-state index contributed by atoms with van der Waals surface area (Å²) < 4.78 is 5.58. The third-order valence-electron chi connectivity index (χ3n) is 4.97. The molecule has 0 amide bonds. The first-order chi connectivity index (χ1) is 9.71. The van der Waals surface area contributed by atoms with Crippen molar-refractivity contribution in [3.8, 4) is 0 Å². The van der Waals surface area contributed by atoms with Crippen LogP contribution in [0.15, 0.2) is 24.3 Å². The number of nitrogens with two attached hydrogens (primary N) is 1. The second-order valence-corrected chi connectivity index (χ2v) is 6.56. The van der Waals surface area contributed by atoms with Gasteiger partial charge in [-0.2, -0.15) is 0 Å².